The molecule has 5 nitrogen and oxygen atoms in total. The molecule has 1 aromatic carbocycles. The maximum absolute atomic E-state index is 13.4. The Morgan fingerprint density at radius 1 is 1.17 bits per heavy atom. The van der Waals surface area contributed by atoms with Crippen molar-refractivity contribution in [2.75, 3.05) is 13.6 Å². The second-order valence-electron chi connectivity index (χ2n) is 10.8. The number of hydrogen-bond acceptors (Lipinski definition) is 3. The zero-order valence-corrected chi connectivity index (χ0v) is 25.0. The van der Waals surface area contributed by atoms with E-state index in [1.807, 2.05) is 19.9 Å². The predicted molar refractivity (Wildman–Crippen MR) is 149 cm³/mol. The van der Waals surface area contributed by atoms with Gasteiger partial charge in [0.2, 0.25) is 10.0 Å². The molecule has 1 fully saturated rings. The highest BCUT2D eigenvalue weighted by Crippen LogP contribution is 2.49. The van der Waals surface area contributed by atoms with Gasteiger partial charge < -0.3 is 5.32 Å². The molecule has 1 aromatic rings. The number of sulfonamides is 1. The summed E-state index contributed by atoms with van der Waals surface area (Å²) in [6.07, 6.45) is 10.2. The van der Waals surface area contributed by atoms with Crippen LogP contribution in [-0.2, 0) is 10.0 Å². The first-order chi connectivity index (χ1) is 16.3. The molecule has 35 heavy (non-hydrogen) atoms. The van der Waals surface area contributed by atoms with Crippen molar-refractivity contribution in [1.29, 1.82) is 0 Å². The minimum atomic E-state index is -3.78. The summed E-state index contributed by atoms with van der Waals surface area (Å²) >= 11 is 3.39. The Bertz CT molecular complexity index is 1070. The Hall–Kier alpha value is -1.44. The lowest BCUT2D eigenvalue weighted by Gasteiger charge is -2.52. The molecular formula is C28H43BrN2O3S. The Kier molecular flexibility index (Phi) is 9.99. The Labute approximate surface area is 221 Å². The van der Waals surface area contributed by atoms with E-state index in [0.29, 0.717) is 22.5 Å². The summed E-state index contributed by atoms with van der Waals surface area (Å²) in [5, 5.41) is 3.26. The van der Waals surface area contributed by atoms with Crippen molar-refractivity contribution in [2.24, 2.45) is 16.7 Å². The molecule has 0 radical (unpaired) electrons. The summed E-state index contributed by atoms with van der Waals surface area (Å²) < 4.78 is 28.5. The fourth-order valence-electron chi connectivity index (χ4n) is 5.13. The van der Waals surface area contributed by atoms with Crippen LogP contribution in [0.1, 0.15) is 84.5 Å². The minimum absolute atomic E-state index is 0.0161. The quantitative estimate of drug-likeness (QED) is 0.405. The first kappa shape index (κ1) is 29.8. The van der Waals surface area contributed by atoms with Crippen molar-refractivity contribution in [3.05, 3.63) is 52.0 Å². The second kappa shape index (κ2) is 11.7. The predicted octanol–water partition coefficient (Wildman–Crippen LogP) is 6.95. The molecule has 0 saturated heterocycles. The van der Waals surface area contributed by atoms with Crippen molar-refractivity contribution in [2.45, 2.75) is 85.1 Å². The number of hydrogen-bond donors (Lipinski definition) is 1. The standard InChI is InChI=1S/C26H37BrN2O3S.C2H6/c1-18-14-15-25(2,3)24(26(18,4)5)28-23(30)20-12-13-21(27)22(16-20)33(31,32)29(6)17-19-10-8-7-9-11-19;1-2/h8,10-13,16,18,24H,7,9,14-15,17H2,1-6H3,(H,28,30);1-2H3. The number of carbonyl (C=O) groups is 1. The average molecular weight is 568 g/mol. The molecule has 2 aliphatic rings. The average Bonchev–Trinajstić information content (AvgIpc) is 2.81. The largest absolute Gasteiger partial charge is 0.348 e. The molecule has 0 heterocycles. The van der Waals surface area contributed by atoms with Crippen LogP contribution in [0.5, 0.6) is 0 Å². The monoisotopic (exact) mass is 566 g/mol. The molecule has 2 aliphatic carbocycles. The van der Waals surface area contributed by atoms with Gasteiger partial charge in [0.1, 0.15) is 0 Å². The molecule has 0 bridgehead atoms. The summed E-state index contributed by atoms with van der Waals surface area (Å²) in [5.74, 6) is 0.244. The SMILES string of the molecule is CC.CC1CCC(C)(C)C(NC(=O)c2ccc(Br)c(S(=O)(=O)N(C)CC3=CCCC=C3)c2)C1(C)C. The van der Waals surface area contributed by atoms with Crippen LogP contribution in [0.3, 0.4) is 0 Å². The fourth-order valence-corrected chi connectivity index (χ4v) is 7.23. The van der Waals surface area contributed by atoms with Gasteiger partial charge in [-0.15, -0.1) is 0 Å². The maximum Gasteiger partial charge on any atom is 0.251 e. The normalized spacial score (nSPS) is 23.2. The summed E-state index contributed by atoms with van der Waals surface area (Å²) in [4.78, 5) is 13.4. The fraction of sp³-hybridized carbons (Fsp3) is 0.607. The van der Waals surface area contributed by atoms with Gasteiger partial charge in [-0.1, -0.05) is 66.7 Å². The van der Waals surface area contributed by atoms with Crippen molar-refractivity contribution >= 4 is 31.9 Å². The molecular weight excluding hydrogens is 524 g/mol. The zero-order chi connectivity index (χ0) is 26.6. The van der Waals surface area contributed by atoms with E-state index < -0.39 is 10.0 Å². The number of nitrogens with zero attached hydrogens (tertiary/aromatic N) is 1. The van der Waals surface area contributed by atoms with Crippen LogP contribution in [0.25, 0.3) is 0 Å². The third kappa shape index (κ3) is 6.66. The number of likely N-dealkylation sites (N-methyl/N-ethyl adjacent to an activating group) is 1. The van der Waals surface area contributed by atoms with Crippen LogP contribution in [0.15, 0.2) is 51.4 Å². The Balaban J connectivity index is 0.00000210. The van der Waals surface area contributed by atoms with Gasteiger partial charge in [-0.2, -0.15) is 4.31 Å². The van der Waals surface area contributed by atoms with Crippen LogP contribution in [0, 0.1) is 16.7 Å². The first-order valence-electron chi connectivity index (χ1n) is 12.7. The number of carbonyl (C=O) groups excluding carboxylic acids is 1. The minimum Gasteiger partial charge on any atom is -0.348 e. The molecule has 2 atom stereocenters. The van der Waals surface area contributed by atoms with Gasteiger partial charge in [0, 0.05) is 29.7 Å². The third-order valence-electron chi connectivity index (χ3n) is 7.65. The highest BCUT2D eigenvalue weighted by Gasteiger charge is 2.48. The van der Waals surface area contributed by atoms with Gasteiger partial charge in [0.25, 0.3) is 5.91 Å². The van der Waals surface area contributed by atoms with Gasteiger partial charge in [-0.05, 0) is 82.1 Å². The van der Waals surface area contributed by atoms with Gasteiger partial charge >= 0.3 is 0 Å². The van der Waals surface area contributed by atoms with E-state index >= 15 is 0 Å². The second-order valence-corrected chi connectivity index (χ2v) is 13.7. The van der Waals surface area contributed by atoms with Crippen molar-refractivity contribution in [1.82, 2.24) is 9.62 Å². The Morgan fingerprint density at radius 2 is 1.83 bits per heavy atom. The van der Waals surface area contributed by atoms with Crippen molar-refractivity contribution < 1.29 is 13.2 Å². The summed E-state index contributed by atoms with van der Waals surface area (Å²) in [6.45, 7) is 15.4. The van der Waals surface area contributed by atoms with E-state index in [4.69, 9.17) is 0 Å². The van der Waals surface area contributed by atoms with Crippen LogP contribution in [0.4, 0.5) is 0 Å². The number of allylic oxidation sites excluding steroid dienone is 2. The zero-order valence-electron chi connectivity index (χ0n) is 22.6. The lowest BCUT2D eigenvalue weighted by atomic mass is 9.57. The molecule has 1 N–H and O–H groups in total. The molecule has 0 aromatic heterocycles. The van der Waals surface area contributed by atoms with E-state index in [1.54, 1.807) is 19.2 Å². The molecule has 1 amide bonds. The molecule has 7 heteroatoms. The highest BCUT2D eigenvalue weighted by atomic mass is 79.9. The van der Waals surface area contributed by atoms with E-state index in [0.717, 1.165) is 31.3 Å². The maximum atomic E-state index is 13.4. The summed E-state index contributed by atoms with van der Waals surface area (Å²) in [5.41, 5.74) is 1.22. The lowest BCUT2D eigenvalue weighted by Crippen LogP contribution is -2.58. The number of benzene rings is 1. The molecule has 0 aliphatic heterocycles. The van der Waals surface area contributed by atoms with Crippen molar-refractivity contribution in [3.63, 3.8) is 0 Å². The number of halogens is 1. The summed E-state index contributed by atoms with van der Waals surface area (Å²) in [7, 11) is -2.21. The Morgan fingerprint density at radius 3 is 2.43 bits per heavy atom. The third-order valence-corrected chi connectivity index (χ3v) is 10.4. The number of rotatable bonds is 6. The molecule has 196 valence electrons. The van der Waals surface area contributed by atoms with Gasteiger partial charge in [-0.3, -0.25) is 4.79 Å². The van der Waals surface area contributed by atoms with E-state index in [2.05, 4.69) is 68.0 Å². The van der Waals surface area contributed by atoms with Crippen LogP contribution in [-0.4, -0.2) is 38.3 Å². The smallest absolute Gasteiger partial charge is 0.251 e. The summed E-state index contributed by atoms with van der Waals surface area (Å²) in [6, 6.07) is 4.80. The molecule has 2 unspecified atom stereocenters. The van der Waals surface area contributed by atoms with E-state index in [9.17, 15) is 13.2 Å². The van der Waals surface area contributed by atoms with Gasteiger partial charge in [0.05, 0.1) is 4.90 Å². The molecule has 3 rings (SSSR count). The van der Waals surface area contributed by atoms with Crippen molar-refractivity contribution in [3.8, 4) is 0 Å². The van der Waals surface area contributed by atoms with Crippen LogP contribution in [0.2, 0.25) is 0 Å². The molecule has 1 saturated carbocycles. The topological polar surface area (TPSA) is 66.5 Å². The molecule has 0 spiro atoms. The van der Waals surface area contributed by atoms with Crippen LogP contribution >= 0.6 is 15.9 Å². The number of nitrogens with one attached hydrogen (secondary N) is 1. The van der Waals surface area contributed by atoms with Gasteiger partial charge in [0.15, 0.2) is 0 Å². The van der Waals surface area contributed by atoms with Gasteiger partial charge in [-0.25, -0.2) is 8.42 Å². The van der Waals surface area contributed by atoms with E-state index in [1.165, 1.54) is 10.4 Å². The number of amides is 1. The van der Waals surface area contributed by atoms with E-state index in [-0.39, 0.29) is 27.7 Å². The lowest BCUT2D eigenvalue weighted by molar-refractivity contribution is 0.00579. The van der Waals surface area contributed by atoms with Crippen LogP contribution < -0.4 is 5.32 Å². The highest BCUT2D eigenvalue weighted by molar-refractivity contribution is 9.10. The first-order valence-corrected chi connectivity index (χ1v) is 14.9.